The molecule has 5 aliphatic rings. The lowest BCUT2D eigenvalue weighted by molar-refractivity contribution is -0.155. The molecule has 1 heterocycles. The van der Waals surface area contributed by atoms with E-state index < -0.39 is 17.0 Å². The van der Waals surface area contributed by atoms with Crippen molar-refractivity contribution in [3.8, 4) is 0 Å². The van der Waals surface area contributed by atoms with E-state index in [1.807, 2.05) is 0 Å². The Morgan fingerprint density at radius 3 is 2.46 bits per heavy atom. The van der Waals surface area contributed by atoms with Crippen molar-refractivity contribution in [2.24, 2.45) is 23.2 Å². The molecule has 126 valence electrons. The molecule has 6 rings (SSSR count). The molecular weight excluding hydrogens is 312 g/mol. The Labute approximate surface area is 139 Å². The second-order valence-electron chi connectivity index (χ2n) is 8.13. The summed E-state index contributed by atoms with van der Waals surface area (Å²) in [6.45, 7) is 0.479. The molecule has 4 aliphatic carbocycles. The highest BCUT2D eigenvalue weighted by molar-refractivity contribution is 6.01. The van der Waals surface area contributed by atoms with Crippen LogP contribution in [0.25, 0.3) is 0 Å². The largest absolute Gasteiger partial charge is 0.311 e. The fraction of sp³-hybridized carbons (Fsp3) is 0.579. The van der Waals surface area contributed by atoms with Crippen molar-refractivity contribution in [1.29, 1.82) is 0 Å². The highest BCUT2D eigenvalue weighted by Gasteiger charge is 2.59. The first-order chi connectivity index (χ1) is 11.5. The minimum Gasteiger partial charge on any atom is -0.311 e. The summed E-state index contributed by atoms with van der Waals surface area (Å²) < 4.78 is 27.1. The summed E-state index contributed by atoms with van der Waals surface area (Å²) in [5, 5.41) is 0. The van der Waals surface area contributed by atoms with Gasteiger partial charge in [-0.05, 0) is 56.1 Å². The predicted molar refractivity (Wildman–Crippen MR) is 83.4 cm³/mol. The maximum atomic E-state index is 13.7. The smallest absolute Gasteiger partial charge is 0.233 e. The van der Waals surface area contributed by atoms with Crippen LogP contribution in [0.5, 0.6) is 0 Å². The number of hydrogen-bond donors (Lipinski definition) is 0. The van der Waals surface area contributed by atoms with E-state index in [9.17, 15) is 18.4 Å². The molecule has 1 aromatic carbocycles. The van der Waals surface area contributed by atoms with Gasteiger partial charge in [0.05, 0.1) is 11.1 Å². The van der Waals surface area contributed by atoms with Crippen molar-refractivity contribution in [3.05, 3.63) is 29.3 Å². The van der Waals surface area contributed by atoms with Gasteiger partial charge in [-0.25, -0.2) is 8.78 Å². The molecule has 4 bridgehead atoms. The van der Waals surface area contributed by atoms with E-state index in [1.54, 1.807) is 4.90 Å². The SMILES string of the molecule is O=C1C2CC3CC1CC(C(=O)N1CCc4cc(F)c(F)cc41)(C3)C2. The third-order valence-electron chi connectivity index (χ3n) is 6.71. The van der Waals surface area contributed by atoms with Crippen LogP contribution >= 0.6 is 0 Å². The fourth-order valence-corrected chi connectivity index (χ4v) is 5.89. The van der Waals surface area contributed by atoms with Gasteiger partial charge in [-0.3, -0.25) is 9.59 Å². The number of carbonyl (C=O) groups excluding carboxylic acids is 2. The number of rotatable bonds is 1. The van der Waals surface area contributed by atoms with Gasteiger partial charge >= 0.3 is 0 Å². The van der Waals surface area contributed by atoms with Crippen molar-refractivity contribution in [3.63, 3.8) is 0 Å². The van der Waals surface area contributed by atoms with Crippen molar-refractivity contribution in [2.75, 3.05) is 11.4 Å². The highest BCUT2D eigenvalue weighted by atomic mass is 19.2. The van der Waals surface area contributed by atoms with Gasteiger partial charge in [-0.1, -0.05) is 0 Å². The van der Waals surface area contributed by atoms with Gasteiger partial charge in [0.15, 0.2) is 11.6 Å². The molecule has 0 radical (unpaired) electrons. The Morgan fingerprint density at radius 2 is 1.75 bits per heavy atom. The summed E-state index contributed by atoms with van der Waals surface area (Å²) >= 11 is 0. The maximum absolute atomic E-state index is 13.7. The van der Waals surface area contributed by atoms with Crippen LogP contribution < -0.4 is 4.90 Å². The Bertz CT molecular complexity index is 757. The number of halogens is 2. The topological polar surface area (TPSA) is 37.4 Å². The summed E-state index contributed by atoms with van der Waals surface area (Å²) in [6, 6.07) is 2.36. The molecule has 0 spiro atoms. The van der Waals surface area contributed by atoms with Gasteiger partial charge in [0.2, 0.25) is 5.91 Å². The van der Waals surface area contributed by atoms with E-state index in [1.165, 1.54) is 6.07 Å². The van der Waals surface area contributed by atoms with Crippen LogP contribution in [-0.2, 0) is 16.0 Å². The third-order valence-corrected chi connectivity index (χ3v) is 6.71. The van der Waals surface area contributed by atoms with Crippen LogP contribution in [0.2, 0.25) is 0 Å². The molecule has 1 amide bonds. The van der Waals surface area contributed by atoms with Crippen LogP contribution in [0, 0.1) is 34.8 Å². The summed E-state index contributed by atoms with van der Waals surface area (Å²) in [7, 11) is 0. The second kappa shape index (κ2) is 4.64. The number of nitrogens with zero attached hydrogens (tertiary/aromatic N) is 1. The van der Waals surface area contributed by atoms with E-state index in [2.05, 4.69) is 0 Å². The van der Waals surface area contributed by atoms with Gasteiger partial charge < -0.3 is 4.90 Å². The van der Waals surface area contributed by atoms with E-state index >= 15 is 0 Å². The van der Waals surface area contributed by atoms with E-state index in [0.29, 0.717) is 48.8 Å². The summed E-state index contributed by atoms with van der Waals surface area (Å²) in [5.74, 6) is -0.850. The molecule has 4 fully saturated rings. The van der Waals surface area contributed by atoms with Crippen LogP contribution in [-0.4, -0.2) is 18.2 Å². The normalized spacial score (nSPS) is 36.3. The van der Waals surface area contributed by atoms with Gasteiger partial charge in [0.1, 0.15) is 5.78 Å². The molecular formula is C19H19F2NO2. The quantitative estimate of drug-likeness (QED) is 0.792. The van der Waals surface area contributed by atoms with E-state index in [-0.39, 0.29) is 17.7 Å². The Kier molecular flexibility index (Phi) is 2.82. The fourth-order valence-electron chi connectivity index (χ4n) is 5.89. The van der Waals surface area contributed by atoms with Gasteiger partial charge in [0, 0.05) is 24.4 Å². The minimum absolute atomic E-state index is 0.0270. The molecule has 24 heavy (non-hydrogen) atoms. The van der Waals surface area contributed by atoms with Crippen LogP contribution in [0.15, 0.2) is 12.1 Å². The number of benzene rings is 1. The number of hydrogen-bond acceptors (Lipinski definition) is 2. The zero-order valence-corrected chi connectivity index (χ0v) is 13.4. The van der Waals surface area contributed by atoms with Crippen LogP contribution in [0.1, 0.15) is 37.7 Å². The molecule has 2 unspecified atom stereocenters. The summed E-state index contributed by atoms with van der Waals surface area (Å²) in [6.07, 6.45) is 4.56. The molecule has 3 nitrogen and oxygen atoms in total. The lowest BCUT2D eigenvalue weighted by Crippen LogP contribution is -2.57. The first-order valence-electron chi connectivity index (χ1n) is 8.80. The van der Waals surface area contributed by atoms with Crippen molar-refractivity contribution >= 4 is 17.4 Å². The standard InChI is InChI=1S/C19H19F2NO2/c20-14-5-11-1-2-22(16(11)6-15(14)21)18(24)19-7-10-3-12(8-19)17(23)13(4-10)9-19/h5-6,10,12-13H,1-4,7-9H2. The van der Waals surface area contributed by atoms with E-state index in [0.717, 1.165) is 25.3 Å². The minimum atomic E-state index is -0.908. The Hall–Kier alpha value is -1.78. The van der Waals surface area contributed by atoms with Crippen molar-refractivity contribution in [1.82, 2.24) is 0 Å². The molecule has 4 saturated carbocycles. The monoisotopic (exact) mass is 331 g/mol. The number of anilines is 1. The number of Topliss-reactive ketones (excluding diaryl/α,β-unsaturated/α-hetero) is 1. The number of carbonyl (C=O) groups is 2. The Balaban J connectivity index is 1.51. The van der Waals surface area contributed by atoms with Crippen molar-refractivity contribution < 1.29 is 18.4 Å². The number of ketones is 1. The zero-order valence-electron chi connectivity index (χ0n) is 13.4. The Morgan fingerprint density at radius 1 is 1.08 bits per heavy atom. The molecule has 0 aromatic heterocycles. The molecule has 5 heteroatoms. The zero-order chi connectivity index (χ0) is 16.6. The van der Waals surface area contributed by atoms with Gasteiger partial charge in [-0.2, -0.15) is 0 Å². The lowest BCUT2D eigenvalue weighted by Gasteiger charge is -2.55. The number of fused-ring (bicyclic) bond motifs is 1. The molecule has 0 N–H and O–H groups in total. The van der Waals surface area contributed by atoms with Crippen LogP contribution in [0.4, 0.5) is 14.5 Å². The maximum Gasteiger partial charge on any atom is 0.233 e. The van der Waals surface area contributed by atoms with Crippen LogP contribution in [0.3, 0.4) is 0 Å². The molecule has 0 saturated heterocycles. The predicted octanol–water partition coefficient (Wildman–Crippen LogP) is 3.25. The molecule has 1 aromatic rings. The third kappa shape index (κ3) is 1.81. The van der Waals surface area contributed by atoms with Crippen molar-refractivity contribution in [2.45, 2.75) is 38.5 Å². The summed E-state index contributed by atoms with van der Waals surface area (Å²) in [5.41, 5.74) is 0.751. The van der Waals surface area contributed by atoms with E-state index in [4.69, 9.17) is 0 Å². The second-order valence-corrected chi connectivity index (χ2v) is 8.13. The first kappa shape index (κ1) is 14.6. The first-order valence-corrected chi connectivity index (χ1v) is 8.80. The highest BCUT2D eigenvalue weighted by Crippen LogP contribution is 2.59. The summed E-state index contributed by atoms with van der Waals surface area (Å²) in [4.78, 5) is 27.3. The van der Waals surface area contributed by atoms with Gasteiger partial charge in [-0.15, -0.1) is 0 Å². The lowest BCUT2D eigenvalue weighted by atomic mass is 9.48. The molecule has 1 aliphatic heterocycles. The molecule has 2 atom stereocenters. The average Bonchev–Trinajstić information content (AvgIpc) is 2.94. The average molecular weight is 331 g/mol. The number of amides is 1. The van der Waals surface area contributed by atoms with Gasteiger partial charge in [0.25, 0.3) is 0 Å².